The van der Waals surface area contributed by atoms with Gasteiger partial charge in [0.25, 0.3) is 5.91 Å². The molecule has 2 aliphatic heterocycles. The van der Waals surface area contributed by atoms with Crippen molar-refractivity contribution < 1.29 is 42.2 Å². The van der Waals surface area contributed by atoms with Gasteiger partial charge in [0.15, 0.2) is 0 Å². The number of fused-ring (bicyclic) bond motifs is 1. The maximum Gasteiger partial charge on any atom is 0.459 e. The quantitative estimate of drug-likeness (QED) is 0.248. The molecule has 0 radical (unpaired) electrons. The standard InChI is InChI=1S/C29H37FN3O8P/c1-18(28(36)38-14-13-29(3,4)5)32-42(37,41-24-12-8-10-20-9-6-7-11-21(20)24)39-17-25-23(34)15-26(40-25)33-16-22(30)27(35)31-19(33)2/h6-12,16,18,23,25-26,34H,2,13-15,17H2,1,3-5H3,(H,31,35)(H,32,37)/t18-,23+,25+,26+,42?/m0/s1. The Hall–Kier alpha value is -3.28. The first-order valence-electron chi connectivity index (χ1n) is 13.6. The summed E-state index contributed by atoms with van der Waals surface area (Å²) >= 11 is 0. The molecular weight excluding hydrogens is 568 g/mol. The van der Waals surface area contributed by atoms with Crippen molar-refractivity contribution in [3.05, 3.63) is 66.9 Å². The van der Waals surface area contributed by atoms with Gasteiger partial charge in [-0.25, -0.2) is 4.57 Å². The monoisotopic (exact) mass is 605 g/mol. The molecule has 5 atom stereocenters. The average Bonchev–Trinajstić information content (AvgIpc) is 3.29. The average molecular weight is 606 g/mol. The fourth-order valence-corrected chi connectivity index (χ4v) is 5.87. The molecule has 1 fully saturated rings. The van der Waals surface area contributed by atoms with E-state index >= 15 is 0 Å². The lowest BCUT2D eigenvalue weighted by Crippen LogP contribution is -2.42. The van der Waals surface area contributed by atoms with Gasteiger partial charge in [0.2, 0.25) is 5.83 Å². The van der Waals surface area contributed by atoms with Gasteiger partial charge in [0.1, 0.15) is 29.9 Å². The molecule has 0 spiro atoms. The van der Waals surface area contributed by atoms with Crippen LogP contribution in [0.3, 0.4) is 0 Å². The highest BCUT2D eigenvalue weighted by atomic mass is 31.2. The van der Waals surface area contributed by atoms with E-state index in [0.29, 0.717) is 11.8 Å². The molecule has 42 heavy (non-hydrogen) atoms. The van der Waals surface area contributed by atoms with Crippen molar-refractivity contribution in [2.75, 3.05) is 13.2 Å². The van der Waals surface area contributed by atoms with Gasteiger partial charge in [-0.05, 0) is 30.2 Å². The molecule has 4 rings (SSSR count). The van der Waals surface area contributed by atoms with Crippen molar-refractivity contribution >= 4 is 30.4 Å². The predicted octanol–water partition coefficient (Wildman–Crippen LogP) is 4.49. The summed E-state index contributed by atoms with van der Waals surface area (Å²) in [4.78, 5) is 25.5. The van der Waals surface area contributed by atoms with Crippen LogP contribution in [0.25, 0.3) is 10.8 Å². The largest absolute Gasteiger partial charge is 0.465 e. The van der Waals surface area contributed by atoms with E-state index in [9.17, 15) is 23.7 Å². The predicted molar refractivity (Wildman–Crippen MR) is 153 cm³/mol. The fourth-order valence-electron chi connectivity index (χ4n) is 4.35. The SMILES string of the molecule is C=C1NC(=O)C(F)=CN1[C@H]1C[C@@H](O)[C@@H](COP(=O)(N[C@@H](C)C(=O)OCCC(C)(C)C)Oc2cccc3ccccc23)O1. The van der Waals surface area contributed by atoms with Crippen LogP contribution in [0.15, 0.2) is 66.9 Å². The maximum absolute atomic E-state index is 14.1. The summed E-state index contributed by atoms with van der Waals surface area (Å²) in [5.74, 6) is -2.28. The van der Waals surface area contributed by atoms with E-state index < -0.39 is 56.5 Å². The van der Waals surface area contributed by atoms with Crippen molar-refractivity contribution in [2.24, 2.45) is 5.41 Å². The van der Waals surface area contributed by atoms with Crippen molar-refractivity contribution in [1.29, 1.82) is 0 Å². The normalized spacial score (nSPS) is 23.2. The first-order chi connectivity index (χ1) is 19.7. The van der Waals surface area contributed by atoms with Crippen LogP contribution in [0, 0.1) is 5.41 Å². The summed E-state index contributed by atoms with van der Waals surface area (Å²) in [5, 5.41) is 17.1. The summed E-state index contributed by atoms with van der Waals surface area (Å²) < 4.78 is 50.9. The zero-order valence-corrected chi connectivity index (χ0v) is 24.9. The minimum atomic E-state index is -4.28. The molecule has 0 aromatic heterocycles. The molecular formula is C29H37FN3O8P. The third-order valence-electron chi connectivity index (χ3n) is 6.73. The molecule has 1 unspecified atom stereocenters. The lowest BCUT2D eigenvalue weighted by Gasteiger charge is -2.31. The molecule has 2 aromatic rings. The van der Waals surface area contributed by atoms with Gasteiger partial charge in [0, 0.05) is 18.0 Å². The van der Waals surface area contributed by atoms with Crippen molar-refractivity contribution in [1.82, 2.24) is 15.3 Å². The third kappa shape index (κ3) is 7.96. The molecule has 2 aromatic carbocycles. The summed E-state index contributed by atoms with van der Waals surface area (Å²) in [6, 6.07) is 11.5. The number of nitrogens with zero attached hydrogens (tertiary/aromatic N) is 1. The number of hydrogen-bond acceptors (Lipinski definition) is 9. The van der Waals surface area contributed by atoms with Crippen LogP contribution < -0.4 is 14.9 Å². The van der Waals surface area contributed by atoms with Gasteiger partial charge >= 0.3 is 13.7 Å². The number of aliphatic hydroxyl groups is 1. The first kappa shape index (κ1) is 31.7. The van der Waals surface area contributed by atoms with E-state index in [1.54, 1.807) is 24.3 Å². The summed E-state index contributed by atoms with van der Waals surface area (Å²) in [6.45, 7) is 11.0. The zero-order chi connectivity index (χ0) is 30.7. The van der Waals surface area contributed by atoms with E-state index in [1.165, 1.54) is 11.8 Å². The van der Waals surface area contributed by atoms with E-state index in [0.717, 1.165) is 11.6 Å². The Morgan fingerprint density at radius 2 is 2.00 bits per heavy atom. The Bertz CT molecular complexity index is 1410. The van der Waals surface area contributed by atoms with Crippen molar-refractivity contribution in [3.8, 4) is 5.75 Å². The number of esters is 1. The number of nitrogens with one attached hydrogen (secondary N) is 2. The van der Waals surface area contributed by atoms with E-state index in [-0.39, 0.29) is 30.0 Å². The number of rotatable bonds is 11. The minimum Gasteiger partial charge on any atom is -0.465 e. The van der Waals surface area contributed by atoms with Gasteiger partial charge in [-0.3, -0.25) is 14.1 Å². The first-order valence-corrected chi connectivity index (χ1v) is 15.1. The maximum atomic E-state index is 14.1. The van der Waals surface area contributed by atoms with Crippen LogP contribution in [-0.4, -0.2) is 59.6 Å². The highest BCUT2D eigenvalue weighted by Crippen LogP contribution is 2.47. The number of hydrogen-bond donors (Lipinski definition) is 3. The Morgan fingerprint density at radius 3 is 2.74 bits per heavy atom. The number of benzene rings is 2. The Labute approximate surface area is 244 Å². The van der Waals surface area contributed by atoms with Crippen LogP contribution in [0.4, 0.5) is 4.39 Å². The highest BCUT2D eigenvalue weighted by molar-refractivity contribution is 7.52. The molecule has 11 nitrogen and oxygen atoms in total. The van der Waals surface area contributed by atoms with Gasteiger partial charge < -0.3 is 29.3 Å². The summed E-state index contributed by atoms with van der Waals surface area (Å²) in [7, 11) is -4.28. The van der Waals surface area contributed by atoms with Gasteiger partial charge in [-0.15, -0.1) is 0 Å². The van der Waals surface area contributed by atoms with Crippen molar-refractivity contribution in [2.45, 2.75) is 65.0 Å². The third-order valence-corrected chi connectivity index (χ3v) is 8.36. The Morgan fingerprint density at radius 1 is 1.29 bits per heavy atom. The highest BCUT2D eigenvalue weighted by Gasteiger charge is 2.42. The molecule has 3 N–H and O–H groups in total. The molecule has 13 heteroatoms. The number of halogens is 1. The molecule has 1 amide bonds. The van der Waals surface area contributed by atoms with Gasteiger partial charge in [-0.1, -0.05) is 63.7 Å². The van der Waals surface area contributed by atoms with Crippen molar-refractivity contribution in [3.63, 3.8) is 0 Å². The molecule has 0 bridgehead atoms. The second-order valence-corrected chi connectivity index (χ2v) is 13.1. The number of carbonyl (C=O) groups is 2. The smallest absolute Gasteiger partial charge is 0.459 e. The van der Waals surface area contributed by atoms with Crippen LogP contribution in [0.5, 0.6) is 5.75 Å². The topological polar surface area (TPSA) is 136 Å². The van der Waals surface area contributed by atoms with E-state index in [1.807, 2.05) is 39.0 Å². The van der Waals surface area contributed by atoms with Crippen LogP contribution in [0.1, 0.15) is 40.5 Å². The second-order valence-electron chi connectivity index (χ2n) is 11.4. The molecule has 0 saturated carbocycles. The number of ether oxygens (including phenoxy) is 2. The molecule has 2 aliphatic rings. The van der Waals surface area contributed by atoms with Gasteiger partial charge in [0.05, 0.1) is 19.3 Å². The van der Waals surface area contributed by atoms with Gasteiger partial charge in [-0.2, -0.15) is 9.48 Å². The van der Waals surface area contributed by atoms with Crippen LogP contribution >= 0.6 is 7.75 Å². The molecule has 228 valence electrons. The Kier molecular flexibility index (Phi) is 9.74. The molecule has 2 heterocycles. The molecule has 1 saturated heterocycles. The molecule has 0 aliphatic carbocycles. The number of aliphatic hydroxyl groups excluding tert-OH is 1. The summed E-state index contributed by atoms with van der Waals surface area (Å²) in [6.07, 6.45) is -1.39. The number of amides is 1. The fraction of sp³-hybridized carbons (Fsp3) is 0.448. The Balaban J connectivity index is 1.49. The number of carbonyl (C=O) groups excluding carboxylic acids is 2. The summed E-state index contributed by atoms with van der Waals surface area (Å²) in [5.41, 5.74) is -0.0412. The lowest BCUT2D eigenvalue weighted by atomic mass is 9.93. The van der Waals surface area contributed by atoms with E-state index in [4.69, 9.17) is 18.5 Å². The van der Waals surface area contributed by atoms with Crippen LogP contribution in [-0.2, 0) is 28.2 Å². The lowest BCUT2D eigenvalue weighted by molar-refractivity contribution is -0.146. The zero-order valence-electron chi connectivity index (χ0n) is 24.0. The van der Waals surface area contributed by atoms with Crippen LogP contribution in [0.2, 0.25) is 0 Å². The van der Waals surface area contributed by atoms with E-state index in [2.05, 4.69) is 17.0 Å². The minimum absolute atomic E-state index is 0.0190. The second kappa shape index (κ2) is 12.9.